The summed E-state index contributed by atoms with van der Waals surface area (Å²) in [6.07, 6.45) is 1.69. The lowest BCUT2D eigenvalue weighted by atomic mass is 9.85. The monoisotopic (exact) mass is 532 g/mol. The summed E-state index contributed by atoms with van der Waals surface area (Å²) in [5, 5.41) is 3.03. The second kappa shape index (κ2) is 11.7. The number of ketones is 1. The fourth-order valence-corrected chi connectivity index (χ4v) is 6.15. The van der Waals surface area contributed by atoms with Gasteiger partial charge in [0, 0.05) is 57.6 Å². The molecule has 3 heterocycles. The van der Waals surface area contributed by atoms with Gasteiger partial charge in [0.05, 0.1) is 18.0 Å². The van der Waals surface area contributed by atoms with E-state index in [9.17, 15) is 14.4 Å². The molecule has 3 aliphatic rings. The number of rotatable bonds is 8. The number of amides is 2. The molecule has 3 aliphatic heterocycles. The topological polar surface area (TPSA) is 91.4 Å². The van der Waals surface area contributed by atoms with Crippen molar-refractivity contribution in [2.45, 2.75) is 44.2 Å². The maximum atomic E-state index is 13.7. The van der Waals surface area contributed by atoms with Crippen molar-refractivity contribution >= 4 is 35.0 Å². The Hall–Kier alpha value is -2.14. The lowest BCUT2D eigenvalue weighted by molar-refractivity contribution is -0.140. The summed E-state index contributed by atoms with van der Waals surface area (Å²) in [4.78, 5) is 45.9. The summed E-state index contributed by atoms with van der Waals surface area (Å²) in [5.74, 6) is -0.589. The van der Waals surface area contributed by atoms with E-state index < -0.39 is 17.5 Å². The number of benzene rings is 1. The van der Waals surface area contributed by atoms with Crippen LogP contribution in [0.4, 0.5) is 5.69 Å². The lowest BCUT2D eigenvalue weighted by Gasteiger charge is -2.36. The molecule has 0 aliphatic carbocycles. The molecule has 4 rings (SSSR count). The van der Waals surface area contributed by atoms with E-state index in [-0.39, 0.29) is 35.6 Å². The van der Waals surface area contributed by atoms with E-state index in [4.69, 9.17) is 9.47 Å². The molecular weight excluding hydrogens is 492 g/mol. The number of carbonyl (C=O) groups excluding carboxylic acids is 3. The molecule has 204 valence electrons. The zero-order valence-electron chi connectivity index (χ0n) is 22.6. The third-order valence-corrected chi connectivity index (χ3v) is 8.61. The van der Waals surface area contributed by atoms with Crippen molar-refractivity contribution in [1.29, 1.82) is 0 Å². The summed E-state index contributed by atoms with van der Waals surface area (Å²) in [6, 6.07) is 6.23. The number of hydrogen-bond acceptors (Lipinski definition) is 8. The maximum absolute atomic E-state index is 13.7. The predicted octanol–water partition coefficient (Wildman–Crippen LogP) is 1.51. The lowest BCUT2D eigenvalue weighted by Crippen LogP contribution is -2.57. The highest BCUT2D eigenvalue weighted by Crippen LogP contribution is 2.35. The first-order chi connectivity index (χ1) is 17.6. The molecule has 2 amide bonds. The Morgan fingerprint density at radius 2 is 1.84 bits per heavy atom. The largest absolute Gasteiger partial charge is 0.383 e. The van der Waals surface area contributed by atoms with Gasteiger partial charge in [0.25, 0.3) is 5.91 Å². The van der Waals surface area contributed by atoms with Crippen LogP contribution in [0.5, 0.6) is 0 Å². The van der Waals surface area contributed by atoms with Crippen molar-refractivity contribution in [2.24, 2.45) is 5.41 Å². The Kier molecular flexibility index (Phi) is 8.83. The molecule has 1 aromatic rings. The van der Waals surface area contributed by atoms with E-state index in [2.05, 4.69) is 15.1 Å². The minimum atomic E-state index is -0.769. The van der Waals surface area contributed by atoms with E-state index >= 15 is 0 Å². The molecule has 1 unspecified atom stereocenters. The van der Waals surface area contributed by atoms with Gasteiger partial charge in [-0.3, -0.25) is 19.3 Å². The van der Waals surface area contributed by atoms with Gasteiger partial charge in [0.15, 0.2) is 5.78 Å². The highest BCUT2D eigenvalue weighted by molar-refractivity contribution is 7.99. The molecule has 10 heteroatoms. The SMILES string of the molecule is COCCN1CCN(c2ccc(C(=O)NC(C(=O)N3C[C@H](SC)[C@H]4OCC(=O)[C@H]43)C(C)(C)C)cc2)CC1. The second-order valence-electron chi connectivity index (χ2n) is 11.1. The van der Waals surface area contributed by atoms with Crippen molar-refractivity contribution < 1.29 is 23.9 Å². The van der Waals surface area contributed by atoms with Gasteiger partial charge in [-0.1, -0.05) is 20.8 Å². The molecule has 0 saturated carbocycles. The number of carbonyl (C=O) groups is 3. The van der Waals surface area contributed by atoms with E-state index in [1.165, 1.54) is 0 Å². The number of fused-ring (bicyclic) bond motifs is 1. The highest BCUT2D eigenvalue weighted by Gasteiger charge is 2.53. The molecule has 3 fully saturated rings. The standard InChI is InChI=1S/C27H40N4O5S/c1-27(2,3)24(26(34)31-16-21(37-5)23-22(31)20(32)17-36-23)28-25(33)18-6-8-19(9-7-18)30-12-10-29(11-13-30)14-15-35-4/h6-9,21-24H,10-17H2,1-5H3,(H,28,33)/t21-,22+,23+,24?/m0/s1. The summed E-state index contributed by atoms with van der Waals surface area (Å²) < 4.78 is 10.9. The zero-order chi connectivity index (χ0) is 26.7. The molecule has 9 nitrogen and oxygen atoms in total. The van der Waals surface area contributed by atoms with Crippen LogP contribution < -0.4 is 10.2 Å². The highest BCUT2D eigenvalue weighted by atomic mass is 32.2. The van der Waals surface area contributed by atoms with Crippen LogP contribution in [0.1, 0.15) is 31.1 Å². The Morgan fingerprint density at radius 3 is 2.43 bits per heavy atom. The van der Waals surface area contributed by atoms with Crippen molar-refractivity contribution in [3.05, 3.63) is 29.8 Å². The van der Waals surface area contributed by atoms with Gasteiger partial charge in [0.1, 0.15) is 18.7 Å². The second-order valence-corrected chi connectivity index (χ2v) is 12.2. The maximum Gasteiger partial charge on any atom is 0.251 e. The van der Waals surface area contributed by atoms with Crippen molar-refractivity contribution in [3.8, 4) is 0 Å². The fraction of sp³-hybridized carbons (Fsp3) is 0.667. The smallest absolute Gasteiger partial charge is 0.251 e. The number of ether oxygens (including phenoxy) is 2. The van der Waals surface area contributed by atoms with Gasteiger partial charge in [-0.2, -0.15) is 11.8 Å². The van der Waals surface area contributed by atoms with Crippen molar-refractivity contribution in [3.63, 3.8) is 0 Å². The zero-order valence-corrected chi connectivity index (χ0v) is 23.4. The average Bonchev–Trinajstić information content (AvgIpc) is 3.45. The van der Waals surface area contributed by atoms with Crippen molar-refractivity contribution in [1.82, 2.24) is 15.1 Å². The number of methoxy groups -OCH3 is 1. The summed E-state index contributed by atoms with van der Waals surface area (Å²) in [7, 11) is 1.72. The number of likely N-dealkylation sites (tertiary alicyclic amines) is 1. The van der Waals surface area contributed by atoms with Gasteiger partial charge >= 0.3 is 0 Å². The predicted molar refractivity (Wildman–Crippen MR) is 145 cm³/mol. The van der Waals surface area contributed by atoms with Crippen LogP contribution in [0.15, 0.2) is 24.3 Å². The van der Waals surface area contributed by atoms with Gasteiger partial charge in [0.2, 0.25) is 5.91 Å². The quantitative estimate of drug-likeness (QED) is 0.539. The first-order valence-corrected chi connectivity index (χ1v) is 14.3. The number of piperazine rings is 1. The van der Waals surface area contributed by atoms with Crippen LogP contribution in [-0.4, -0.2) is 117 Å². The number of Topliss-reactive ketones (excluding diaryl/α,β-unsaturated/α-hetero) is 1. The Balaban J connectivity index is 1.41. The Bertz CT molecular complexity index is 974. The molecule has 3 saturated heterocycles. The number of thioether (sulfide) groups is 1. The molecule has 0 spiro atoms. The first kappa shape index (κ1) is 27.9. The summed E-state index contributed by atoms with van der Waals surface area (Å²) >= 11 is 1.61. The number of nitrogens with zero attached hydrogens (tertiary/aromatic N) is 3. The van der Waals surface area contributed by atoms with E-state index in [1.807, 2.05) is 51.3 Å². The third-order valence-electron chi connectivity index (χ3n) is 7.59. The van der Waals surface area contributed by atoms with E-state index in [1.54, 1.807) is 23.8 Å². The average molecular weight is 533 g/mol. The number of nitrogens with one attached hydrogen (secondary N) is 1. The first-order valence-electron chi connectivity index (χ1n) is 13.0. The minimum Gasteiger partial charge on any atom is -0.383 e. The van der Waals surface area contributed by atoms with Crippen LogP contribution in [0.3, 0.4) is 0 Å². The van der Waals surface area contributed by atoms with Crippen LogP contribution in [0.25, 0.3) is 0 Å². The molecule has 0 aromatic heterocycles. The number of hydrogen-bond donors (Lipinski definition) is 1. The molecule has 1 aromatic carbocycles. The molecule has 37 heavy (non-hydrogen) atoms. The van der Waals surface area contributed by atoms with Crippen LogP contribution in [0.2, 0.25) is 0 Å². The van der Waals surface area contributed by atoms with Crippen LogP contribution in [-0.2, 0) is 19.1 Å². The Labute approximate surface area is 224 Å². The molecule has 0 radical (unpaired) electrons. The fourth-order valence-electron chi connectivity index (χ4n) is 5.35. The molecule has 0 bridgehead atoms. The molecule has 4 atom stereocenters. The summed E-state index contributed by atoms with van der Waals surface area (Å²) in [6.45, 7) is 11.7. The van der Waals surface area contributed by atoms with Gasteiger partial charge in [-0.25, -0.2) is 0 Å². The molecular formula is C27H40N4O5S. The minimum absolute atomic E-state index is 0.0390. The third kappa shape index (κ3) is 6.13. The van der Waals surface area contributed by atoms with Crippen molar-refractivity contribution in [2.75, 3.05) is 70.7 Å². The van der Waals surface area contributed by atoms with Gasteiger partial charge in [-0.15, -0.1) is 0 Å². The number of anilines is 1. The van der Waals surface area contributed by atoms with E-state index in [0.29, 0.717) is 12.1 Å². The van der Waals surface area contributed by atoms with Gasteiger partial charge < -0.3 is 24.6 Å². The Morgan fingerprint density at radius 1 is 1.16 bits per heavy atom. The normalized spacial score (nSPS) is 25.3. The molecule has 1 N–H and O–H groups in total. The van der Waals surface area contributed by atoms with Gasteiger partial charge in [-0.05, 0) is 35.9 Å². The van der Waals surface area contributed by atoms with E-state index in [0.717, 1.165) is 45.0 Å². The summed E-state index contributed by atoms with van der Waals surface area (Å²) in [5.41, 5.74) is 1.05. The van der Waals surface area contributed by atoms with Crippen LogP contribution in [0, 0.1) is 5.41 Å². The van der Waals surface area contributed by atoms with Crippen LogP contribution >= 0.6 is 11.8 Å².